The van der Waals surface area contributed by atoms with Crippen LogP contribution in [0.2, 0.25) is 0 Å². The van der Waals surface area contributed by atoms with Crippen LogP contribution in [0.5, 0.6) is 0 Å². The van der Waals surface area contributed by atoms with Gasteiger partial charge in [-0.2, -0.15) is 0 Å². The summed E-state index contributed by atoms with van der Waals surface area (Å²) in [5.41, 5.74) is 1.02. The molecule has 1 fully saturated rings. The van der Waals surface area contributed by atoms with Crippen LogP contribution < -0.4 is 0 Å². The van der Waals surface area contributed by atoms with Crippen LogP contribution in [-0.4, -0.2) is 61.1 Å². The Kier molecular flexibility index (Phi) is 7.17. The van der Waals surface area contributed by atoms with Gasteiger partial charge in [-0.3, -0.25) is 9.59 Å². The first-order valence-corrected chi connectivity index (χ1v) is 7.87. The van der Waals surface area contributed by atoms with E-state index in [2.05, 4.69) is 4.74 Å². The Morgan fingerprint density at radius 1 is 1.29 bits per heavy atom. The minimum atomic E-state index is -0.673. The molecule has 0 spiro atoms. The predicted molar refractivity (Wildman–Crippen MR) is 84.8 cm³/mol. The van der Waals surface area contributed by atoms with Crippen LogP contribution in [0.3, 0.4) is 0 Å². The number of aliphatic hydroxyl groups is 1. The Hall–Kier alpha value is -1.96. The summed E-state index contributed by atoms with van der Waals surface area (Å²) in [6, 6.07) is 9.26. The fraction of sp³-hybridized carbons (Fsp3) is 0.529. The van der Waals surface area contributed by atoms with E-state index in [1.54, 1.807) is 0 Å². The van der Waals surface area contributed by atoms with Crippen molar-refractivity contribution in [2.75, 3.05) is 27.1 Å². The summed E-state index contributed by atoms with van der Waals surface area (Å²) >= 11 is 0. The Balaban J connectivity index is 1.82. The average Bonchev–Trinajstić information content (AvgIpc) is 2.62. The van der Waals surface area contributed by atoms with Crippen LogP contribution >= 0.6 is 0 Å². The van der Waals surface area contributed by atoms with Crippen LogP contribution in [0.1, 0.15) is 18.4 Å². The molecule has 1 aliphatic rings. The Labute approximate surface area is 141 Å². The molecule has 132 valence electrons. The number of aliphatic hydroxyl groups excluding tert-OH is 1. The molecule has 1 heterocycles. The van der Waals surface area contributed by atoms with Gasteiger partial charge in [-0.25, -0.2) is 0 Å². The van der Waals surface area contributed by atoms with E-state index in [9.17, 15) is 14.7 Å². The van der Waals surface area contributed by atoms with Crippen LogP contribution in [0.4, 0.5) is 0 Å². The molecule has 7 heteroatoms. The monoisotopic (exact) mass is 337 g/mol. The second-order valence-electron chi connectivity index (χ2n) is 5.56. The molecular formula is C17H23NO6. The van der Waals surface area contributed by atoms with E-state index >= 15 is 0 Å². The molecular weight excluding hydrogens is 314 g/mol. The van der Waals surface area contributed by atoms with Crippen molar-refractivity contribution in [2.24, 2.45) is 0 Å². The average molecular weight is 337 g/mol. The van der Waals surface area contributed by atoms with Crippen molar-refractivity contribution in [1.82, 2.24) is 4.90 Å². The van der Waals surface area contributed by atoms with Gasteiger partial charge in [-0.05, 0) is 18.4 Å². The van der Waals surface area contributed by atoms with E-state index < -0.39 is 12.1 Å². The van der Waals surface area contributed by atoms with Crippen molar-refractivity contribution in [1.29, 1.82) is 0 Å². The molecule has 0 bridgehead atoms. The quantitative estimate of drug-likeness (QED) is 0.427. The van der Waals surface area contributed by atoms with Crippen LogP contribution in [0.25, 0.3) is 0 Å². The molecule has 1 saturated heterocycles. The Morgan fingerprint density at radius 2 is 2.04 bits per heavy atom. The van der Waals surface area contributed by atoms with Crippen molar-refractivity contribution >= 4 is 11.9 Å². The first kappa shape index (κ1) is 18.4. The number of carbonyl (C=O) groups excluding carboxylic acids is 2. The number of ether oxygens (including phenoxy) is 3. The number of likely N-dealkylation sites (tertiary alicyclic amines) is 1. The Morgan fingerprint density at radius 3 is 2.71 bits per heavy atom. The zero-order valence-electron chi connectivity index (χ0n) is 13.7. The highest BCUT2D eigenvalue weighted by Gasteiger charge is 2.36. The Bertz CT molecular complexity index is 535. The third kappa shape index (κ3) is 5.02. The summed E-state index contributed by atoms with van der Waals surface area (Å²) in [4.78, 5) is 25.2. The van der Waals surface area contributed by atoms with Gasteiger partial charge in [0.05, 0.1) is 26.4 Å². The van der Waals surface area contributed by atoms with E-state index in [1.807, 2.05) is 30.3 Å². The number of methoxy groups -OCH3 is 1. The van der Waals surface area contributed by atoms with Gasteiger partial charge in [0.1, 0.15) is 19.4 Å². The molecule has 0 radical (unpaired) electrons. The number of piperidine rings is 1. The SMILES string of the molecule is COC(=O)CN1C(=O)[C@@H](OCOCc2ccccc2)CC[C@@H]1CO. The van der Waals surface area contributed by atoms with Gasteiger partial charge in [0, 0.05) is 0 Å². The molecule has 0 unspecified atom stereocenters. The highest BCUT2D eigenvalue weighted by Crippen LogP contribution is 2.21. The van der Waals surface area contributed by atoms with Gasteiger partial charge in [0.25, 0.3) is 5.91 Å². The number of hydrogen-bond acceptors (Lipinski definition) is 6. The molecule has 0 aromatic heterocycles. The summed E-state index contributed by atoms with van der Waals surface area (Å²) in [7, 11) is 1.26. The number of carbonyl (C=O) groups is 2. The lowest BCUT2D eigenvalue weighted by atomic mass is 10.00. The predicted octanol–water partition coefficient (Wildman–Crippen LogP) is 0.702. The van der Waals surface area contributed by atoms with E-state index in [0.717, 1.165) is 5.56 Å². The number of benzene rings is 1. The van der Waals surface area contributed by atoms with E-state index in [1.165, 1.54) is 12.0 Å². The summed E-state index contributed by atoms with van der Waals surface area (Å²) in [5, 5.41) is 9.38. The smallest absolute Gasteiger partial charge is 0.325 e. The molecule has 0 saturated carbocycles. The third-order valence-electron chi connectivity index (χ3n) is 3.96. The van der Waals surface area contributed by atoms with Crippen LogP contribution in [0, 0.1) is 0 Å². The number of nitrogens with zero attached hydrogens (tertiary/aromatic N) is 1. The first-order valence-electron chi connectivity index (χ1n) is 7.87. The fourth-order valence-corrected chi connectivity index (χ4v) is 2.61. The normalized spacial score (nSPS) is 20.9. The molecule has 24 heavy (non-hydrogen) atoms. The zero-order chi connectivity index (χ0) is 17.4. The third-order valence-corrected chi connectivity index (χ3v) is 3.96. The molecule has 0 aliphatic carbocycles. The summed E-state index contributed by atoms with van der Waals surface area (Å²) < 4.78 is 15.5. The summed E-state index contributed by atoms with van der Waals surface area (Å²) in [6.45, 7) is -0.000693. The number of esters is 1. The van der Waals surface area contributed by atoms with Gasteiger partial charge >= 0.3 is 5.97 Å². The second-order valence-corrected chi connectivity index (χ2v) is 5.56. The van der Waals surface area contributed by atoms with E-state index in [0.29, 0.717) is 19.4 Å². The van der Waals surface area contributed by atoms with Crippen LogP contribution in [0.15, 0.2) is 30.3 Å². The van der Waals surface area contributed by atoms with E-state index in [-0.39, 0.29) is 31.9 Å². The lowest BCUT2D eigenvalue weighted by Gasteiger charge is -2.37. The number of hydrogen-bond donors (Lipinski definition) is 1. The molecule has 1 N–H and O–H groups in total. The topological polar surface area (TPSA) is 85.3 Å². The number of amides is 1. The lowest BCUT2D eigenvalue weighted by molar-refractivity contribution is -0.169. The first-order chi connectivity index (χ1) is 11.7. The second kappa shape index (κ2) is 9.36. The fourth-order valence-electron chi connectivity index (χ4n) is 2.61. The zero-order valence-corrected chi connectivity index (χ0v) is 13.7. The molecule has 2 atom stereocenters. The molecule has 1 aliphatic heterocycles. The maximum Gasteiger partial charge on any atom is 0.325 e. The lowest BCUT2D eigenvalue weighted by Crippen LogP contribution is -2.54. The number of rotatable bonds is 8. The van der Waals surface area contributed by atoms with Crippen molar-refractivity contribution < 1.29 is 28.9 Å². The van der Waals surface area contributed by atoms with Gasteiger partial charge in [0.2, 0.25) is 0 Å². The molecule has 2 rings (SSSR count). The maximum atomic E-state index is 12.4. The highest BCUT2D eigenvalue weighted by molar-refractivity contribution is 5.86. The van der Waals surface area contributed by atoms with E-state index in [4.69, 9.17) is 9.47 Å². The maximum absolute atomic E-state index is 12.4. The van der Waals surface area contributed by atoms with Crippen molar-refractivity contribution in [2.45, 2.75) is 31.6 Å². The highest BCUT2D eigenvalue weighted by atomic mass is 16.7. The minimum absolute atomic E-state index is 0.0127. The molecule has 1 aromatic carbocycles. The minimum Gasteiger partial charge on any atom is -0.468 e. The van der Waals surface area contributed by atoms with Gasteiger partial charge in [-0.15, -0.1) is 0 Å². The van der Waals surface area contributed by atoms with Gasteiger partial charge in [-0.1, -0.05) is 30.3 Å². The molecule has 1 amide bonds. The van der Waals surface area contributed by atoms with Crippen molar-refractivity contribution in [3.8, 4) is 0 Å². The van der Waals surface area contributed by atoms with Crippen molar-refractivity contribution in [3.63, 3.8) is 0 Å². The summed E-state index contributed by atoms with van der Waals surface area (Å²) in [6.07, 6.45) is 0.368. The van der Waals surface area contributed by atoms with Gasteiger partial charge < -0.3 is 24.2 Å². The van der Waals surface area contributed by atoms with Crippen molar-refractivity contribution in [3.05, 3.63) is 35.9 Å². The van der Waals surface area contributed by atoms with Gasteiger partial charge in [0.15, 0.2) is 0 Å². The summed E-state index contributed by atoms with van der Waals surface area (Å²) in [5.74, 6) is -0.850. The molecule has 1 aromatic rings. The largest absolute Gasteiger partial charge is 0.468 e. The van der Waals surface area contributed by atoms with Crippen LogP contribution in [-0.2, 0) is 30.4 Å². The standard InChI is InChI=1S/C17H23NO6/c1-22-16(20)9-18-14(10-19)7-8-15(17(18)21)24-12-23-11-13-5-3-2-4-6-13/h2-6,14-15,19H,7-12H2,1H3/t14-,15+/m1/s1. The molecule has 7 nitrogen and oxygen atoms in total.